The molecule has 0 amide bonds. The molecule has 0 bridgehead atoms. The lowest BCUT2D eigenvalue weighted by Crippen LogP contribution is -2.05. The fraction of sp³-hybridized carbons (Fsp3) is 0.211. The van der Waals surface area contributed by atoms with Crippen molar-refractivity contribution >= 4 is 45.0 Å². The second kappa shape index (κ2) is 6.88. The lowest BCUT2D eigenvalue weighted by atomic mass is 9.95. The molecule has 0 heterocycles. The molecule has 0 fully saturated rings. The Morgan fingerprint density at radius 1 is 1.09 bits per heavy atom. The summed E-state index contributed by atoms with van der Waals surface area (Å²) in [4.78, 5) is 14.3. The average molecular weight is 328 g/mol. The summed E-state index contributed by atoms with van der Waals surface area (Å²) in [6.45, 7) is 2.25. The molecule has 1 N–H and O–H groups in total. The Bertz CT molecular complexity index is 860. The van der Waals surface area contributed by atoms with Gasteiger partial charge in [-0.3, -0.25) is 9.63 Å². The van der Waals surface area contributed by atoms with Crippen LogP contribution in [0.4, 0.5) is 5.69 Å². The Labute approximate surface area is 140 Å². The topological polar surface area (TPSA) is 38.3 Å². The number of ether oxygens (including phenoxy) is 1. The first kappa shape index (κ1) is 15.6. The predicted molar refractivity (Wildman–Crippen MR) is 95.9 cm³/mol. The summed E-state index contributed by atoms with van der Waals surface area (Å²) in [7, 11) is 0. The molecule has 0 aliphatic carbocycles. The number of rotatable bonds is 5. The summed E-state index contributed by atoms with van der Waals surface area (Å²) in [6, 6.07) is 16.4. The van der Waals surface area contributed by atoms with Gasteiger partial charge in [-0.25, -0.2) is 0 Å². The van der Waals surface area contributed by atoms with Crippen LogP contribution in [0.15, 0.2) is 48.5 Å². The number of nitrogens with one attached hydrogen (secondary N) is 1. The monoisotopic (exact) mass is 327 g/mol. The van der Waals surface area contributed by atoms with E-state index in [-0.39, 0.29) is 5.97 Å². The zero-order chi connectivity index (χ0) is 16.2. The van der Waals surface area contributed by atoms with Gasteiger partial charge in [-0.2, -0.15) is 0 Å². The number of carbonyl (C=O) groups excluding carboxylic acids is 1. The molecule has 3 nitrogen and oxygen atoms in total. The third-order valence-electron chi connectivity index (χ3n) is 3.96. The number of hydrogen-bond donors (Lipinski definition) is 1. The van der Waals surface area contributed by atoms with Crippen LogP contribution in [0.25, 0.3) is 21.5 Å². The van der Waals surface area contributed by atoms with E-state index in [1.54, 1.807) is 0 Å². The van der Waals surface area contributed by atoms with Crippen LogP contribution in [0.1, 0.15) is 18.9 Å². The van der Waals surface area contributed by atoms with Crippen molar-refractivity contribution in [1.82, 2.24) is 0 Å². The lowest BCUT2D eigenvalue weighted by Gasteiger charge is -2.11. The molecule has 118 valence electrons. The van der Waals surface area contributed by atoms with Gasteiger partial charge >= 0.3 is 5.97 Å². The molecule has 0 spiro atoms. The summed E-state index contributed by atoms with van der Waals surface area (Å²) in [6.07, 6.45) is 1.06. The quantitative estimate of drug-likeness (QED) is 0.404. The van der Waals surface area contributed by atoms with Crippen LogP contribution >= 0.6 is 11.8 Å². The minimum absolute atomic E-state index is 0.154. The number of aryl methyl sites for hydroxylation is 1. The normalized spacial score (nSPS) is 10.9. The van der Waals surface area contributed by atoms with Gasteiger partial charge in [-0.1, -0.05) is 36.4 Å². The number of carbonyl (C=O) groups is 1. The molecule has 0 radical (unpaired) electrons. The van der Waals surface area contributed by atoms with Crippen LogP contribution in [-0.4, -0.2) is 12.6 Å². The fourth-order valence-corrected chi connectivity index (χ4v) is 3.03. The van der Waals surface area contributed by atoms with E-state index in [2.05, 4.69) is 23.0 Å². The van der Waals surface area contributed by atoms with Gasteiger partial charge < -0.3 is 4.74 Å². The maximum Gasteiger partial charge on any atom is 0.306 e. The van der Waals surface area contributed by atoms with E-state index in [1.807, 2.05) is 37.3 Å². The van der Waals surface area contributed by atoms with Crippen LogP contribution < -0.4 is 4.84 Å². The van der Waals surface area contributed by atoms with Crippen molar-refractivity contribution in [2.75, 3.05) is 11.4 Å². The van der Waals surface area contributed by atoms with Gasteiger partial charge in [-0.15, -0.1) is 0 Å². The third kappa shape index (κ3) is 3.25. The van der Waals surface area contributed by atoms with E-state index >= 15 is 0 Å². The first-order chi connectivity index (χ1) is 11.2. The summed E-state index contributed by atoms with van der Waals surface area (Å²) in [5.74, 6) is -0.154. The SMILES string of the molecule is CCOC(=O)CCc1cc2ccc(NCl)cc2c2ccccc12. The molecule has 0 saturated heterocycles. The van der Waals surface area contributed by atoms with Gasteiger partial charge in [-0.05, 0) is 52.6 Å². The Morgan fingerprint density at radius 2 is 1.87 bits per heavy atom. The highest BCUT2D eigenvalue weighted by atomic mass is 35.5. The van der Waals surface area contributed by atoms with Gasteiger partial charge in [0.1, 0.15) is 0 Å². The van der Waals surface area contributed by atoms with Crippen LogP contribution in [0.5, 0.6) is 0 Å². The Morgan fingerprint density at radius 3 is 2.61 bits per heavy atom. The lowest BCUT2D eigenvalue weighted by molar-refractivity contribution is -0.143. The minimum atomic E-state index is -0.154. The van der Waals surface area contributed by atoms with Crippen LogP contribution in [-0.2, 0) is 16.0 Å². The van der Waals surface area contributed by atoms with E-state index in [1.165, 1.54) is 0 Å². The smallest absolute Gasteiger partial charge is 0.306 e. The van der Waals surface area contributed by atoms with E-state index in [9.17, 15) is 4.79 Å². The number of fused-ring (bicyclic) bond motifs is 3. The van der Waals surface area contributed by atoms with Gasteiger partial charge in [0.25, 0.3) is 0 Å². The fourth-order valence-electron chi connectivity index (χ4n) is 2.91. The van der Waals surface area contributed by atoms with Crippen molar-refractivity contribution in [2.45, 2.75) is 19.8 Å². The molecule has 0 saturated carbocycles. The molecule has 0 atom stereocenters. The second-order valence-electron chi connectivity index (χ2n) is 5.42. The van der Waals surface area contributed by atoms with E-state index in [0.717, 1.165) is 32.8 Å². The second-order valence-corrected chi connectivity index (χ2v) is 5.61. The molecule has 23 heavy (non-hydrogen) atoms. The van der Waals surface area contributed by atoms with Crippen molar-refractivity contribution in [1.29, 1.82) is 0 Å². The van der Waals surface area contributed by atoms with Gasteiger partial charge in [0.2, 0.25) is 0 Å². The Balaban J connectivity index is 2.08. The molecular weight excluding hydrogens is 310 g/mol. The molecule has 3 rings (SSSR count). The molecule has 4 heteroatoms. The number of esters is 1. The average Bonchev–Trinajstić information content (AvgIpc) is 2.59. The first-order valence-electron chi connectivity index (χ1n) is 7.69. The molecule has 3 aromatic rings. The maximum atomic E-state index is 11.7. The predicted octanol–water partition coefficient (Wildman–Crippen LogP) is 5.05. The van der Waals surface area contributed by atoms with Gasteiger partial charge in [0, 0.05) is 23.9 Å². The summed E-state index contributed by atoms with van der Waals surface area (Å²) >= 11 is 5.72. The molecule has 0 aliphatic rings. The summed E-state index contributed by atoms with van der Waals surface area (Å²) < 4.78 is 5.03. The number of anilines is 1. The Kier molecular flexibility index (Phi) is 4.68. The van der Waals surface area contributed by atoms with Crippen molar-refractivity contribution in [3.8, 4) is 0 Å². The van der Waals surface area contributed by atoms with Gasteiger partial charge in [0.05, 0.1) is 6.61 Å². The summed E-state index contributed by atoms with van der Waals surface area (Å²) in [5.41, 5.74) is 2.02. The van der Waals surface area contributed by atoms with Crippen molar-refractivity contribution in [2.24, 2.45) is 0 Å². The third-order valence-corrected chi connectivity index (χ3v) is 4.18. The Hall–Kier alpha value is -2.26. The zero-order valence-electron chi connectivity index (χ0n) is 12.9. The number of halogens is 1. The highest BCUT2D eigenvalue weighted by molar-refractivity contribution is 6.24. The summed E-state index contributed by atoms with van der Waals surface area (Å²) in [5, 5.41) is 4.61. The highest BCUT2D eigenvalue weighted by Gasteiger charge is 2.09. The molecule has 3 aromatic carbocycles. The van der Waals surface area contributed by atoms with Crippen LogP contribution in [0.2, 0.25) is 0 Å². The highest BCUT2D eigenvalue weighted by Crippen LogP contribution is 2.31. The molecule has 0 aromatic heterocycles. The maximum absolute atomic E-state index is 11.7. The molecule has 0 aliphatic heterocycles. The number of hydrogen-bond acceptors (Lipinski definition) is 3. The number of benzene rings is 3. The largest absolute Gasteiger partial charge is 0.466 e. The zero-order valence-corrected chi connectivity index (χ0v) is 13.7. The van der Waals surface area contributed by atoms with Crippen LogP contribution in [0.3, 0.4) is 0 Å². The van der Waals surface area contributed by atoms with Crippen LogP contribution in [0, 0.1) is 0 Å². The van der Waals surface area contributed by atoms with Crippen molar-refractivity contribution in [3.05, 3.63) is 54.1 Å². The van der Waals surface area contributed by atoms with Crippen molar-refractivity contribution < 1.29 is 9.53 Å². The minimum Gasteiger partial charge on any atom is -0.466 e. The standard InChI is InChI=1S/C19H18ClNO2/c1-2-23-19(22)10-8-13-11-14-7-9-15(21-20)12-18(14)17-6-4-3-5-16(13)17/h3-7,9,11-12,21H,2,8,10H2,1H3. The molecule has 0 unspecified atom stereocenters. The first-order valence-corrected chi connectivity index (χ1v) is 8.07. The molecular formula is C19H18ClNO2. The van der Waals surface area contributed by atoms with E-state index < -0.39 is 0 Å². The van der Waals surface area contributed by atoms with E-state index in [0.29, 0.717) is 19.4 Å². The van der Waals surface area contributed by atoms with E-state index in [4.69, 9.17) is 16.5 Å². The van der Waals surface area contributed by atoms with Gasteiger partial charge in [0.15, 0.2) is 0 Å². The van der Waals surface area contributed by atoms with Crippen molar-refractivity contribution in [3.63, 3.8) is 0 Å².